The highest BCUT2D eigenvalue weighted by molar-refractivity contribution is 7.07. The molecule has 0 bridgehead atoms. The number of methoxy groups -OCH3 is 1. The molecule has 1 rings (SSSR count). The molecule has 2 unspecified atom stereocenters. The zero-order valence-corrected chi connectivity index (χ0v) is 10.6. The van der Waals surface area contributed by atoms with Gasteiger partial charge in [0.25, 0.3) is 0 Å². The van der Waals surface area contributed by atoms with Crippen molar-refractivity contribution < 1.29 is 4.74 Å². The Balaban J connectivity index is 2.44. The van der Waals surface area contributed by atoms with Crippen molar-refractivity contribution >= 4 is 11.3 Å². The van der Waals surface area contributed by atoms with Crippen LogP contribution in [0.4, 0.5) is 0 Å². The number of rotatable bonds is 6. The Hall–Kier alpha value is -0.380. The first-order valence-electron chi connectivity index (χ1n) is 5.44. The van der Waals surface area contributed by atoms with E-state index >= 15 is 0 Å². The van der Waals surface area contributed by atoms with Crippen molar-refractivity contribution in [1.82, 2.24) is 0 Å². The lowest BCUT2D eigenvalue weighted by molar-refractivity contribution is -0.0204. The van der Waals surface area contributed by atoms with Crippen LogP contribution in [0.5, 0.6) is 0 Å². The maximum absolute atomic E-state index is 6.17. The van der Waals surface area contributed by atoms with E-state index in [0.29, 0.717) is 0 Å². The maximum atomic E-state index is 6.17. The SMILES string of the molecule is CCC(C)(OC)C(N)CCc1ccsc1. The quantitative estimate of drug-likeness (QED) is 0.811. The Morgan fingerprint density at radius 1 is 1.60 bits per heavy atom. The fourth-order valence-electron chi connectivity index (χ4n) is 1.62. The molecule has 0 saturated heterocycles. The summed E-state index contributed by atoms with van der Waals surface area (Å²) in [6.07, 6.45) is 2.98. The lowest BCUT2D eigenvalue weighted by atomic mass is 9.90. The first kappa shape index (κ1) is 12.7. The predicted octanol–water partition coefficient (Wildman–Crippen LogP) is 2.82. The second-order valence-corrected chi connectivity index (χ2v) is 4.93. The predicted molar refractivity (Wildman–Crippen MR) is 66.3 cm³/mol. The molecule has 0 aromatic carbocycles. The largest absolute Gasteiger partial charge is 0.377 e. The van der Waals surface area contributed by atoms with Gasteiger partial charge in [-0.1, -0.05) is 6.92 Å². The smallest absolute Gasteiger partial charge is 0.0798 e. The highest BCUT2D eigenvalue weighted by Crippen LogP contribution is 2.21. The van der Waals surface area contributed by atoms with E-state index in [9.17, 15) is 0 Å². The molecule has 2 atom stereocenters. The lowest BCUT2D eigenvalue weighted by Crippen LogP contribution is -2.46. The van der Waals surface area contributed by atoms with E-state index in [1.807, 2.05) is 0 Å². The van der Waals surface area contributed by atoms with Crippen molar-refractivity contribution in [3.05, 3.63) is 22.4 Å². The van der Waals surface area contributed by atoms with Gasteiger partial charge < -0.3 is 10.5 Å². The average Bonchev–Trinajstić information content (AvgIpc) is 2.77. The zero-order chi connectivity index (χ0) is 11.3. The van der Waals surface area contributed by atoms with Crippen LogP contribution >= 0.6 is 11.3 Å². The molecule has 86 valence electrons. The van der Waals surface area contributed by atoms with Crippen LogP contribution in [0, 0.1) is 0 Å². The lowest BCUT2D eigenvalue weighted by Gasteiger charge is -2.33. The topological polar surface area (TPSA) is 35.2 Å². The molecule has 3 heteroatoms. The van der Waals surface area contributed by atoms with Gasteiger partial charge >= 0.3 is 0 Å². The van der Waals surface area contributed by atoms with Crippen molar-refractivity contribution in [3.63, 3.8) is 0 Å². The summed E-state index contributed by atoms with van der Waals surface area (Å²) >= 11 is 1.74. The van der Waals surface area contributed by atoms with Crippen LogP contribution in [0.25, 0.3) is 0 Å². The molecule has 2 N–H and O–H groups in total. The van der Waals surface area contributed by atoms with Crippen molar-refractivity contribution in [3.8, 4) is 0 Å². The number of nitrogens with two attached hydrogens (primary N) is 1. The number of aryl methyl sites for hydroxylation is 1. The molecule has 0 aliphatic carbocycles. The van der Waals surface area contributed by atoms with Gasteiger partial charge in [-0.2, -0.15) is 11.3 Å². The van der Waals surface area contributed by atoms with Crippen molar-refractivity contribution in [2.45, 2.75) is 44.8 Å². The number of hydrogen-bond donors (Lipinski definition) is 1. The molecular formula is C12H21NOS. The van der Waals surface area contributed by atoms with Crippen LogP contribution in [-0.2, 0) is 11.2 Å². The monoisotopic (exact) mass is 227 g/mol. The van der Waals surface area contributed by atoms with Gasteiger partial charge in [0, 0.05) is 13.2 Å². The van der Waals surface area contributed by atoms with Gasteiger partial charge in [-0.05, 0) is 48.6 Å². The summed E-state index contributed by atoms with van der Waals surface area (Å²) in [5, 5.41) is 4.29. The second kappa shape index (κ2) is 5.64. The summed E-state index contributed by atoms with van der Waals surface area (Å²) in [5.41, 5.74) is 7.36. The van der Waals surface area contributed by atoms with Gasteiger partial charge in [-0.25, -0.2) is 0 Å². The van der Waals surface area contributed by atoms with E-state index < -0.39 is 0 Å². The molecule has 1 aromatic heterocycles. The van der Waals surface area contributed by atoms with Crippen molar-refractivity contribution in [2.24, 2.45) is 5.73 Å². The van der Waals surface area contributed by atoms with E-state index in [1.165, 1.54) is 5.56 Å². The number of ether oxygens (including phenoxy) is 1. The van der Waals surface area contributed by atoms with Crippen LogP contribution in [-0.4, -0.2) is 18.8 Å². The maximum Gasteiger partial charge on any atom is 0.0798 e. The Bertz CT molecular complexity index is 267. The van der Waals surface area contributed by atoms with Crippen LogP contribution in [0.3, 0.4) is 0 Å². The molecule has 1 aromatic rings. The molecule has 15 heavy (non-hydrogen) atoms. The molecule has 0 radical (unpaired) electrons. The van der Waals surface area contributed by atoms with Crippen LogP contribution < -0.4 is 5.73 Å². The molecule has 0 aliphatic heterocycles. The van der Waals surface area contributed by atoms with Crippen molar-refractivity contribution in [1.29, 1.82) is 0 Å². The molecule has 2 nitrogen and oxygen atoms in total. The van der Waals surface area contributed by atoms with Gasteiger partial charge in [0.2, 0.25) is 0 Å². The summed E-state index contributed by atoms with van der Waals surface area (Å²) in [6.45, 7) is 4.21. The minimum atomic E-state index is -0.185. The normalized spacial score (nSPS) is 17.3. The highest BCUT2D eigenvalue weighted by atomic mass is 32.1. The third kappa shape index (κ3) is 3.30. The zero-order valence-electron chi connectivity index (χ0n) is 9.82. The van der Waals surface area contributed by atoms with Crippen LogP contribution in [0.1, 0.15) is 32.3 Å². The fourth-order valence-corrected chi connectivity index (χ4v) is 2.32. The molecule has 0 spiro atoms. The van der Waals surface area contributed by atoms with Crippen LogP contribution in [0.2, 0.25) is 0 Å². The standard InChI is InChI=1S/C12H21NOS/c1-4-12(2,14-3)11(13)6-5-10-7-8-15-9-10/h7-9,11H,4-6,13H2,1-3H3. The Morgan fingerprint density at radius 2 is 2.33 bits per heavy atom. The van der Waals surface area contributed by atoms with Gasteiger partial charge in [0.15, 0.2) is 0 Å². The summed E-state index contributed by atoms with van der Waals surface area (Å²) in [7, 11) is 1.74. The summed E-state index contributed by atoms with van der Waals surface area (Å²) in [6, 6.07) is 2.26. The molecule has 0 amide bonds. The summed E-state index contributed by atoms with van der Waals surface area (Å²) in [5.74, 6) is 0. The highest BCUT2D eigenvalue weighted by Gasteiger charge is 2.29. The third-order valence-corrected chi connectivity index (χ3v) is 4.01. The Kier molecular flexibility index (Phi) is 4.77. The fraction of sp³-hybridized carbons (Fsp3) is 0.667. The summed E-state index contributed by atoms with van der Waals surface area (Å²) in [4.78, 5) is 0. The molecule has 0 fully saturated rings. The van der Waals surface area contributed by atoms with E-state index in [0.717, 1.165) is 19.3 Å². The van der Waals surface area contributed by atoms with Gasteiger partial charge in [0.05, 0.1) is 5.60 Å². The Labute approximate surface area is 96.4 Å². The van der Waals surface area contributed by atoms with E-state index in [4.69, 9.17) is 10.5 Å². The molecular weight excluding hydrogens is 206 g/mol. The van der Waals surface area contributed by atoms with E-state index in [-0.39, 0.29) is 11.6 Å². The number of hydrogen-bond acceptors (Lipinski definition) is 3. The van der Waals surface area contributed by atoms with Crippen molar-refractivity contribution in [2.75, 3.05) is 7.11 Å². The average molecular weight is 227 g/mol. The minimum Gasteiger partial charge on any atom is -0.377 e. The summed E-state index contributed by atoms with van der Waals surface area (Å²) < 4.78 is 5.50. The van der Waals surface area contributed by atoms with Gasteiger partial charge in [-0.15, -0.1) is 0 Å². The number of thiophene rings is 1. The Morgan fingerprint density at radius 3 is 2.80 bits per heavy atom. The first-order chi connectivity index (χ1) is 7.12. The van der Waals surface area contributed by atoms with Gasteiger partial charge in [0.1, 0.15) is 0 Å². The second-order valence-electron chi connectivity index (χ2n) is 4.15. The van der Waals surface area contributed by atoms with Gasteiger partial charge in [-0.3, -0.25) is 0 Å². The first-order valence-corrected chi connectivity index (χ1v) is 6.38. The minimum absolute atomic E-state index is 0.104. The van der Waals surface area contributed by atoms with E-state index in [1.54, 1.807) is 18.4 Å². The van der Waals surface area contributed by atoms with Crippen LogP contribution in [0.15, 0.2) is 16.8 Å². The van der Waals surface area contributed by atoms with E-state index in [2.05, 4.69) is 30.7 Å². The molecule has 0 aliphatic rings. The molecule has 1 heterocycles. The molecule has 0 saturated carbocycles. The third-order valence-electron chi connectivity index (χ3n) is 3.28.